The molecule has 0 saturated carbocycles. The fourth-order valence-corrected chi connectivity index (χ4v) is 3.05. The summed E-state index contributed by atoms with van der Waals surface area (Å²) in [5, 5.41) is 2.72. The number of carbonyl (C=O) groups excluding carboxylic acids is 3. The number of para-hydroxylation sites is 3. The molecule has 0 aromatic heterocycles. The van der Waals surface area contributed by atoms with Crippen molar-refractivity contribution in [1.29, 1.82) is 0 Å². The van der Waals surface area contributed by atoms with E-state index in [1.165, 1.54) is 7.11 Å². The zero-order chi connectivity index (χ0) is 20.3. The average Bonchev–Trinajstić information content (AvgIpc) is 2.68. The quantitative estimate of drug-likeness (QED) is 0.804. The van der Waals surface area contributed by atoms with Crippen molar-refractivity contribution in [3.8, 4) is 5.75 Å². The molecule has 2 aromatic rings. The van der Waals surface area contributed by atoms with Crippen LogP contribution in [-0.4, -0.2) is 37.0 Å². The van der Waals surface area contributed by atoms with Gasteiger partial charge >= 0.3 is 5.97 Å². The lowest BCUT2D eigenvalue weighted by Gasteiger charge is -2.38. The van der Waals surface area contributed by atoms with Crippen molar-refractivity contribution < 1.29 is 23.9 Å². The van der Waals surface area contributed by atoms with Crippen molar-refractivity contribution in [2.24, 2.45) is 0 Å². The molecule has 1 heterocycles. The van der Waals surface area contributed by atoms with E-state index in [-0.39, 0.29) is 30.3 Å². The molecule has 2 amide bonds. The summed E-state index contributed by atoms with van der Waals surface area (Å²) in [5.74, 6) is -0.460. The summed E-state index contributed by atoms with van der Waals surface area (Å²) in [6, 6.07) is 13.8. The number of ether oxygens (including phenoxy) is 2. The summed E-state index contributed by atoms with van der Waals surface area (Å²) in [4.78, 5) is 38.6. The minimum Gasteiger partial charge on any atom is -0.476 e. The van der Waals surface area contributed by atoms with Gasteiger partial charge in [-0.1, -0.05) is 24.3 Å². The van der Waals surface area contributed by atoms with Gasteiger partial charge in [0.25, 0.3) is 5.91 Å². The summed E-state index contributed by atoms with van der Waals surface area (Å²) in [6.45, 7) is 3.59. The van der Waals surface area contributed by atoms with Crippen LogP contribution in [0.1, 0.15) is 30.6 Å². The summed E-state index contributed by atoms with van der Waals surface area (Å²) >= 11 is 0. The number of benzene rings is 2. The first-order valence-electron chi connectivity index (χ1n) is 8.90. The van der Waals surface area contributed by atoms with Gasteiger partial charge in [-0.05, 0) is 38.1 Å². The highest BCUT2D eigenvalue weighted by Gasteiger charge is 2.40. The summed E-state index contributed by atoms with van der Waals surface area (Å²) in [5.41, 5.74) is 0.262. The Morgan fingerprint density at radius 2 is 1.79 bits per heavy atom. The predicted octanol–water partition coefficient (Wildman–Crippen LogP) is 3.01. The third-order valence-corrected chi connectivity index (χ3v) is 4.45. The van der Waals surface area contributed by atoms with Crippen LogP contribution in [0.4, 0.5) is 11.4 Å². The first-order valence-corrected chi connectivity index (χ1v) is 8.90. The normalized spacial score (nSPS) is 14.7. The van der Waals surface area contributed by atoms with Crippen molar-refractivity contribution in [3.05, 3.63) is 54.1 Å². The topological polar surface area (TPSA) is 84.9 Å². The molecular formula is C21H22N2O5. The fraction of sp³-hybridized carbons (Fsp3) is 0.286. The predicted molar refractivity (Wildman–Crippen MR) is 105 cm³/mol. The highest BCUT2D eigenvalue weighted by atomic mass is 16.5. The van der Waals surface area contributed by atoms with Gasteiger partial charge in [0.2, 0.25) is 5.91 Å². The average molecular weight is 382 g/mol. The largest absolute Gasteiger partial charge is 0.476 e. The number of anilines is 2. The Balaban J connectivity index is 1.73. The Hall–Kier alpha value is -3.35. The second kappa shape index (κ2) is 7.72. The van der Waals surface area contributed by atoms with Crippen LogP contribution in [0.15, 0.2) is 48.5 Å². The highest BCUT2D eigenvalue weighted by Crippen LogP contribution is 2.37. The molecule has 146 valence electrons. The maximum Gasteiger partial charge on any atom is 0.339 e. The first-order chi connectivity index (χ1) is 13.3. The molecule has 1 N–H and O–H groups in total. The van der Waals surface area contributed by atoms with Crippen LogP contribution in [0.25, 0.3) is 0 Å². The monoisotopic (exact) mass is 382 g/mol. The molecule has 28 heavy (non-hydrogen) atoms. The minimum atomic E-state index is -1.01. The van der Waals surface area contributed by atoms with E-state index in [2.05, 4.69) is 5.32 Å². The van der Waals surface area contributed by atoms with Crippen LogP contribution in [0.5, 0.6) is 5.75 Å². The Morgan fingerprint density at radius 1 is 1.11 bits per heavy atom. The van der Waals surface area contributed by atoms with Crippen LogP contribution in [0.2, 0.25) is 0 Å². The van der Waals surface area contributed by atoms with Crippen molar-refractivity contribution in [2.45, 2.75) is 25.9 Å². The van der Waals surface area contributed by atoms with E-state index in [0.29, 0.717) is 17.1 Å². The first kappa shape index (κ1) is 19.4. The third kappa shape index (κ3) is 3.83. The lowest BCUT2D eigenvalue weighted by molar-refractivity contribution is -0.132. The van der Waals surface area contributed by atoms with Gasteiger partial charge in [-0.15, -0.1) is 0 Å². The van der Waals surface area contributed by atoms with Gasteiger partial charge < -0.3 is 19.7 Å². The van der Waals surface area contributed by atoms with Crippen molar-refractivity contribution >= 4 is 29.2 Å². The van der Waals surface area contributed by atoms with Gasteiger partial charge in [0.1, 0.15) is 5.75 Å². The van der Waals surface area contributed by atoms with Crippen molar-refractivity contribution in [2.75, 3.05) is 23.9 Å². The molecule has 0 saturated heterocycles. The number of methoxy groups -OCH3 is 1. The third-order valence-electron chi connectivity index (χ3n) is 4.45. The molecule has 2 aromatic carbocycles. The van der Waals surface area contributed by atoms with Crippen LogP contribution in [0, 0.1) is 0 Å². The number of esters is 1. The van der Waals surface area contributed by atoms with E-state index in [4.69, 9.17) is 9.47 Å². The van der Waals surface area contributed by atoms with E-state index < -0.39 is 11.6 Å². The van der Waals surface area contributed by atoms with Crippen molar-refractivity contribution in [3.63, 3.8) is 0 Å². The molecule has 1 aliphatic rings. The van der Waals surface area contributed by atoms with Gasteiger partial charge in [-0.25, -0.2) is 4.79 Å². The second-order valence-electron chi connectivity index (χ2n) is 6.87. The lowest BCUT2D eigenvalue weighted by Crippen LogP contribution is -2.53. The molecule has 0 fully saturated rings. The molecule has 0 unspecified atom stereocenters. The fourth-order valence-electron chi connectivity index (χ4n) is 3.05. The number of hydrogen-bond acceptors (Lipinski definition) is 5. The minimum absolute atomic E-state index is 0.0612. The molecular weight excluding hydrogens is 360 g/mol. The molecule has 0 bridgehead atoms. The van der Waals surface area contributed by atoms with Crippen LogP contribution < -0.4 is 15.0 Å². The molecule has 1 aliphatic heterocycles. The number of hydrogen-bond donors (Lipinski definition) is 1. The van der Waals surface area contributed by atoms with Gasteiger partial charge in [0.05, 0.1) is 24.0 Å². The number of nitrogens with zero attached hydrogens (tertiary/aromatic N) is 1. The standard InChI is InChI=1S/C21H22N2O5/c1-21(2)20(26)23(16-10-6-7-11-17(16)28-21)13-12-18(24)22-15-9-5-4-8-14(15)19(25)27-3/h4-11H,12-13H2,1-3H3,(H,22,24). The smallest absolute Gasteiger partial charge is 0.339 e. The Kier molecular flexibility index (Phi) is 5.35. The molecule has 0 aliphatic carbocycles. The number of carbonyl (C=O) groups is 3. The molecule has 0 spiro atoms. The van der Waals surface area contributed by atoms with E-state index >= 15 is 0 Å². The van der Waals surface area contributed by atoms with Crippen LogP contribution >= 0.6 is 0 Å². The van der Waals surface area contributed by atoms with Gasteiger partial charge in [-0.2, -0.15) is 0 Å². The lowest BCUT2D eigenvalue weighted by atomic mass is 10.0. The molecule has 7 nitrogen and oxygen atoms in total. The Bertz CT molecular complexity index is 923. The van der Waals surface area contributed by atoms with E-state index in [1.54, 1.807) is 55.1 Å². The number of nitrogens with one attached hydrogen (secondary N) is 1. The molecule has 7 heteroatoms. The van der Waals surface area contributed by atoms with E-state index in [9.17, 15) is 14.4 Å². The maximum absolute atomic E-state index is 12.8. The zero-order valence-corrected chi connectivity index (χ0v) is 16.0. The SMILES string of the molecule is COC(=O)c1ccccc1NC(=O)CCN1C(=O)C(C)(C)Oc2ccccc21. The van der Waals surface area contributed by atoms with Crippen molar-refractivity contribution in [1.82, 2.24) is 0 Å². The second-order valence-corrected chi connectivity index (χ2v) is 6.87. The van der Waals surface area contributed by atoms with E-state index in [0.717, 1.165) is 0 Å². The molecule has 0 atom stereocenters. The molecule has 0 radical (unpaired) electrons. The zero-order valence-electron chi connectivity index (χ0n) is 16.0. The number of rotatable bonds is 5. The Labute approximate surface area is 163 Å². The Morgan fingerprint density at radius 3 is 2.54 bits per heavy atom. The maximum atomic E-state index is 12.8. The summed E-state index contributed by atoms with van der Waals surface area (Å²) in [6.07, 6.45) is 0.0612. The summed E-state index contributed by atoms with van der Waals surface area (Å²) in [7, 11) is 1.28. The van der Waals surface area contributed by atoms with Gasteiger partial charge in [0.15, 0.2) is 5.60 Å². The van der Waals surface area contributed by atoms with Crippen LogP contribution in [-0.2, 0) is 14.3 Å². The highest BCUT2D eigenvalue weighted by molar-refractivity contribution is 6.04. The number of amides is 2. The van der Waals surface area contributed by atoms with E-state index in [1.807, 2.05) is 12.1 Å². The van der Waals surface area contributed by atoms with Crippen LogP contribution in [0.3, 0.4) is 0 Å². The summed E-state index contributed by atoms with van der Waals surface area (Å²) < 4.78 is 10.5. The van der Waals surface area contributed by atoms with Gasteiger partial charge in [-0.3, -0.25) is 9.59 Å². The molecule has 3 rings (SSSR count). The van der Waals surface area contributed by atoms with Gasteiger partial charge in [0, 0.05) is 13.0 Å². The number of fused-ring (bicyclic) bond motifs is 1.